The van der Waals surface area contributed by atoms with Crippen molar-refractivity contribution < 1.29 is 9.47 Å². The van der Waals surface area contributed by atoms with Crippen LogP contribution in [0.1, 0.15) is 26.3 Å². The highest BCUT2D eigenvalue weighted by Gasteiger charge is 2.23. The van der Waals surface area contributed by atoms with E-state index < -0.39 is 0 Å². The Balaban J connectivity index is 3.16. The molecule has 0 radical (unpaired) electrons. The van der Waals surface area contributed by atoms with Gasteiger partial charge in [-0.2, -0.15) is 0 Å². The Labute approximate surface area is 83.5 Å². The van der Waals surface area contributed by atoms with E-state index in [1.165, 1.54) is 5.56 Å². The first kappa shape index (κ1) is 10.4. The lowest BCUT2D eigenvalue weighted by atomic mass is 9.89. The average Bonchev–Trinajstić information content (AvgIpc) is 2.45. The van der Waals surface area contributed by atoms with Crippen LogP contribution in [0.15, 0.2) is 5.38 Å². The van der Waals surface area contributed by atoms with Crippen LogP contribution < -0.4 is 9.47 Å². The molecule has 0 amide bonds. The van der Waals surface area contributed by atoms with Crippen LogP contribution in [0.5, 0.6) is 10.8 Å². The number of thiophene rings is 1. The van der Waals surface area contributed by atoms with E-state index >= 15 is 0 Å². The molecule has 1 rings (SSSR count). The van der Waals surface area contributed by atoms with Gasteiger partial charge in [0.1, 0.15) is 0 Å². The van der Waals surface area contributed by atoms with Crippen LogP contribution in [0, 0.1) is 0 Å². The molecule has 0 saturated carbocycles. The summed E-state index contributed by atoms with van der Waals surface area (Å²) < 4.78 is 10.5. The topological polar surface area (TPSA) is 18.5 Å². The average molecular weight is 200 g/mol. The Kier molecular flexibility index (Phi) is 2.86. The third-order valence-corrected chi connectivity index (χ3v) is 2.83. The molecule has 3 heteroatoms. The van der Waals surface area contributed by atoms with Crippen molar-refractivity contribution in [1.82, 2.24) is 0 Å². The van der Waals surface area contributed by atoms with Crippen molar-refractivity contribution in [2.24, 2.45) is 0 Å². The molecule has 0 aromatic carbocycles. The van der Waals surface area contributed by atoms with Gasteiger partial charge in [0.25, 0.3) is 0 Å². The molecule has 0 saturated heterocycles. The van der Waals surface area contributed by atoms with Gasteiger partial charge in [-0.3, -0.25) is 0 Å². The highest BCUT2D eigenvalue weighted by atomic mass is 32.1. The fourth-order valence-electron chi connectivity index (χ4n) is 1.18. The molecule has 0 fully saturated rings. The maximum absolute atomic E-state index is 5.32. The van der Waals surface area contributed by atoms with Crippen LogP contribution in [0.2, 0.25) is 0 Å². The monoisotopic (exact) mass is 200 g/mol. The lowest BCUT2D eigenvalue weighted by molar-refractivity contribution is 0.355. The van der Waals surface area contributed by atoms with Gasteiger partial charge in [0.2, 0.25) is 5.06 Å². The van der Waals surface area contributed by atoms with Gasteiger partial charge in [-0.25, -0.2) is 0 Å². The minimum Gasteiger partial charge on any atom is -0.492 e. The fraction of sp³-hybridized carbons (Fsp3) is 0.600. The van der Waals surface area contributed by atoms with Gasteiger partial charge >= 0.3 is 0 Å². The lowest BCUT2D eigenvalue weighted by Crippen LogP contribution is -2.11. The summed E-state index contributed by atoms with van der Waals surface area (Å²) in [6.45, 7) is 6.49. The van der Waals surface area contributed by atoms with Crippen molar-refractivity contribution in [3.8, 4) is 10.8 Å². The van der Waals surface area contributed by atoms with Crippen molar-refractivity contribution in [3.05, 3.63) is 10.9 Å². The summed E-state index contributed by atoms with van der Waals surface area (Å²) >= 11 is 1.58. The third-order valence-electron chi connectivity index (χ3n) is 1.91. The maximum Gasteiger partial charge on any atom is 0.216 e. The van der Waals surface area contributed by atoms with Crippen LogP contribution in [0.25, 0.3) is 0 Å². The van der Waals surface area contributed by atoms with Gasteiger partial charge < -0.3 is 9.47 Å². The minimum absolute atomic E-state index is 0.110. The Bertz CT molecular complexity index is 284. The second-order valence-electron chi connectivity index (χ2n) is 3.92. The lowest BCUT2D eigenvalue weighted by Gasteiger charge is -2.18. The van der Waals surface area contributed by atoms with E-state index in [-0.39, 0.29) is 5.41 Å². The van der Waals surface area contributed by atoms with E-state index in [2.05, 4.69) is 26.2 Å². The molecular formula is C10H16O2S. The van der Waals surface area contributed by atoms with Gasteiger partial charge in [-0.05, 0) is 5.41 Å². The molecule has 0 N–H and O–H groups in total. The maximum atomic E-state index is 5.32. The molecule has 2 nitrogen and oxygen atoms in total. The van der Waals surface area contributed by atoms with Crippen molar-refractivity contribution in [1.29, 1.82) is 0 Å². The Hall–Kier alpha value is -0.700. The molecule has 13 heavy (non-hydrogen) atoms. The van der Waals surface area contributed by atoms with E-state index in [4.69, 9.17) is 9.47 Å². The molecule has 74 valence electrons. The minimum atomic E-state index is 0.110. The number of hydrogen-bond acceptors (Lipinski definition) is 3. The van der Waals surface area contributed by atoms with Gasteiger partial charge in [0.05, 0.1) is 14.2 Å². The summed E-state index contributed by atoms with van der Waals surface area (Å²) in [6, 6.07) is 0. The summed E-state index contributed by atoms with van der Waals surface area (Å²) in [6.07, 6.45) is 0. The smallest absolute Gasteiger partial charge is 0.216 e. The first-order valence-electron chi connectivity index (χ1n) is 4.20. The molecule has 0 bridgehead atoms. The molecule has 0 aliphatic heterocycles. The van der Waals surface area contributed by atoms with Crippen molar-refractivity contribution in [3.63, 3.8) is 0 Å². The third kappa shape index (κ3) is 1.97. The molecule has 1 aromatic heterocycles. The van der Waals surface area contributed by atoms with E-state index in [9.17, 15) is 0 Å². The molecule has 0 atom stereocenters. The SMILES string of the molecule is COc1scc(C(C)(C)C)c1OC. The van der Waals surface area contributed by atoms with E-state index in [0.29, 0.717) is 0 Å². The fourth-order valence-corrected chi connectivity index (χ4v) is 2.26. The predicted molar refractivity (Wildman–Crippen MR) is 56.1 cm³/mol. The van der Waals surface area contributed by atoms with Gasteiger partial charge in [0.15, 0.2) is 5.75 Å². The van der Waals surface area contributed by atoms with Crippen LogP contribution >= 0.6 is 11.3 Å². The summed E-state index contributed by atoms with van der Waals surface area (Å²) in [5, 5.41) is 2.95. The second kappa shape index (κ2) is 3.58. The Morgan fingerprint density at radius 2 is 1.77 bits per heavy atom. The van der Waals surface area contributed by atoms with Gasteiger partial charge in [0, 0.05) is 10.9 Å². The molecule has 0 unspecified atom stereocenters. The standard InChI is InChI=1S/C10H16O2S/c1-10(2,3)7-6-13-9(12-5)8(7)11-4/h6H,1-5H3. The summed E-state index contributed by atoms with van der Waals surface area (Å²) in [5.74, 6) is 0.875. The normalized spacial score (nSPS) is 11.5. The quantitative estimate of drug-likeness (QED) is 0.730. The van der Waals surface area contributed by atoms with E-state index in [1.54, 1.807) is 25.6 Å². The molecule has 1 aromatic rings. The van der Waals surface area contributed by atoms with Crippen LogP contribution in [-0.4, -0.2) is 14.2 Å². The van der Waals surface area contributed by atoms with Crippen molar-refractivity contribution >= 4 is 11.3 Å². The molecule has 1 heterocycles. The van der Waals surface area contributed by atoms with Crippen molar-refractivity contribution in [2.45, 2.75) is 26.2 Å². The predicted octanol–water partition coefficient (Wildman–Crippen LogP) is 3.06. The number of rotatable bonds is 2. The van der Waals surface area contributed by atoms with E-state index in [1.807, 2.05) is 0 Å². The number of ether oxygens (including phenoxy) is 2. The van der Waals surface area contributed by atoms with Crippen LogP contribution in [-0.2, 0) is 5.41 Å². The summed E-state index contributed by atoms with van der Waals surface area (Å²) in [4.78, 5) is 0. The van der Waals surface area contributed by atoms with E-state index in [0.717, 1.165) is 10.8 Å². The molecule has 0 aliphatic carbocycles. The van der Waals surface area contributed by atoms with Gasteiger partial charge in [-0.15, -0.1) is 11.3 Å². The number of hydrogen-bond donors (Lipinski definition) is 0. The first-order chi connectivity index (χ1) is 6.00. The molecular weight excluding hydrogens is 184 g/mol. The zero-order chi connectivity index (χ0) is 10.1. The van der Waals surface area contributed by atoms with Crippen LogP contribution in [0.4, 0.5) is 0 Å². The molecule has 0 spiro atoms. The Morgan fingerprint density at radius 1 is 1.15 bits per heavy atom. The highest BCUT2D eigenvalue weighted by molar-refractivity contribution is 7.12. The summed E-state index contributed by atoms with van der Waals surface area (Å²) in [5.41, 5.74) is 1.32. The number of methoxy groups -OCH3 is 2. The van der Waals surface area contributed by atoms with Crippen LogP contribution in [0.3, 0.4) is 0 Å². The summed E-state index contributed by atoms with van der Waals surface area (Å²) in [7, 11) is 3.35. The zero-order valence-electron chi connectivity index (χ0n) is 8.80. The molecule has 0 aliphatic rings. The highest BCUT2D eigenvalue weighted by Crippen LogP contribution is 2.43. The first-order valence-corrected chi connectivity index (χ1v) is 5.08. The zero-order valence-corrected chi connectivity index (χ0v) is 9.62. The largest absolute Gasteiger partial charge is 0.492 e. The Morgan fingerprint density at radius 3 is 2.15 bits per heavy atom. The van der Waals surface area contributed by atoms with Gasteiger partial charge in [-0.1, -0.05) is 20.8 Å². The van der Waals surface area contributed by atoms with Crippen molar-refractivity contribution in [2.75, 3.05) is 14.2 Å². The second-order valence-corrected chi connectivity index (χ2v) is 4.77.